The van der Waals surface area contributed by atoms with Crippen molar-refractivity contribution >= 4 is 44.7 Å². The Morgan fingerprint density at radius 3 is 1.97 bits per heavy atom. The molecule has 0 radical (unpaired) electrons. The van der Waals surface area contributed by atoms with Gasteiger partial charge >= 0.3 is 5.97 Å². The monoisotopic (exact) mass is 422 g/mol. The van der Waals surface area contributed by atoms with Crippen molar-refractivity contribution in [1.29, 1.82) is 0 Å². The van der Waals surface area contributed by atoms with Crippen LogP contribution in [0.4, 0.5) is 0 Å². The van der Waals surface area contributed by atoms with E-state index >= 15 is 0 Å². The van der Waals surface area contributed by atoms with Crippen molar-refractivity contribution < 1.29 is 14.7 Å². The van der Waals surface area contributed by atoms with Crippen LogP contribution >= 0.6 is 0 Å². The van der Waals surface area contributed by atoms with Gasteiger partial charge in [-0.15, -0.1) is 0 Å². The maximum absolute atomic E-state index is 13.4. The molecule has 7 heteroatoms. The quantitative estimate of drug-likeness (QED) is 0.418. The number of nitrogens with zero attached hydrogens (tertiary/aromatic N) is 3. The van der Waals surface area contributed by atoms with Gasteiger partial charge in [-0.25, -0.2) is 14.8 Å². The first-order valence-corrected chi connectivity index (χ1v) is 10.1. The van der Waals surface area contributed by atoms with E-state index in [-0.39, 0.29) is 6.42 Å². The number of carbonyl (C=O) groups excluding carboxylic acids is 1. The van der Waals surface area contributed by atoms with Crippen molar-refractivity contribution in [3.05, 3.63) is 90.3 Å². The molecule has 156 valence electrons. The van der Waals surface area contributed by atoms with Crippen LogP contribution in [0.5, 0.6) is 0 Å². The predicted molar refractivity (Wildman–Crippen MR) is 121 cm³/mol. The van der Waals surface area contributed by atoms with Gasteiger partial charge in [0.2, 0.25) is 0 Å². The maximum atomic E-state index is 13.4. The summed E-state index contributed by atoms with van der Waals surface area (Å²) in [4.78, 5) is 38.8. The highest BCUT2D eigenvalue weighted by Gasteiger charge is 2.24. The number of pyridine rings is 1. The van der Waals surface area contributed by atoms with E-state index in [0.29, 0.717) is 38.6 Å². The second-order valence-electron chi connectivity index (χ2n) is 7.44. The number of carboxylic acids is 1. The molecule has 5 aromatic rings. The van der Waals surface area contributed by atoms with E-state index in [9.17, 15) is 14.7 Å². The Bertz CT molecular complexity index is 1450. The van der Waals surface area contributed by atoms with E-state index in [4.69, 9.17) is 0 Å². The number of rotatable bonds is 5. The summed E-state index contributed by atoms with van der Waals surface area (Å²) in [7, 11) is 0. The number of hydrogen-bond donors (Lipinski definition) is 2. The number of aromatic nitrogens is 3. The first-order chi connectivity index (χ1) is 15.6. The van der Waals surface area contributed by atoms with Crippen molar-refractivity contribution in [2.45, 2.75) is 12.5 Å². The number of nitrogens with one attached hydrogen (secondary N) is 1. The lowest BCUT2D eigenvalue weighted by Gasteiger charge is -2.16. The Morgan fingerprint density at radius 1 is 0.781 bits per heavy atom. The maximum Gasteiger partial charge on any atom is 0.326 e. The van der Waals surface area contributed by atoms with Gasteiger partial charge in [0.1, 0.15) is 6.04 Å². The first kappa shape index (κ1) is 19.6. The Morgan fingerprint density at radius 2 is 1.34 bits per heavy atom. The predicted octanol–water partition coefficient (Wildman–Crippen LogP) is 3.76. The highest BCUT2D eigenvalue weighted by atomic mass is 16.4. The van der Waals surface area contributed by atoms with Crippen LogP contribution in [0.15, 0.2) is 79.0 Å². The summed E-state index contributed by atoms with van der Waals surface area (Å²) in [6.45, 7) is 0. The third-order valence-electron chi connectivity index (χ3n) is 5.33. The van der Waals surface area contributed by atoms with Crippen LogP contribution in [0, 0.1) is 0 Å². The molecule has 0 aliphatic heterocycles. The fourth-order valence-electron chi connectivity index (χ4n) is 3.82. The molecule has 7 nitrogen and oxygen atoms in total. The lowest BCUT2D eigenvalue weighted by Crippen LogP contribution is -2.42. The molecular weight excluding hydrogens is 404 g/mol. The standard InChI is InChI=1S/C25H18N4O3/c30-24(23-16-7-1-3-9-18(16)28-19-10-4-2-8-17(19)23)29-22(25(31)32)13-15-14-26-20-11-5-6-12-21(20)27-15/h1-12,14,22H,13H2,(H,29,30)(H,31,32)/t22-/m0/s1. The molecule has 0 aliphatic carbocycles. The average molecular weight is 422 g/mol. The molecule has 0 unspecified atom stereocenters. The van der Waals surface area contributed by atoms with Crippen LogP contribution in [0.25, 0.3) is 32.8 Å². The molecule has 2 N–H and O–H groups in total. The van der Waals surface area contributed by atoms with Crippen molar-refractivity contribution in [3.8, 4) is 0 Å². The van der Waals surface area contributed by atoms with Gasteiger partial charge in [-0.2, -0.15) is 0 Å². The summed E-state index contributed by atoms with van der Waals surface area (Å²) in [5.74, 6) is -1.61. The van der Waals surface area contributed by atoms with E-state index in [1.807, 2.05) is 72.8 Å². The second kappa shape index (κ2) is 8.03. The molecule has 0 saturated carbocycles. The van der Waals surface area contributed by atoms with Crippen molar-refractivity contribution in [1.82, 2.24) is 20.3 Å². The minimum atomic E-state index is -1.16. The highest BCUT2D eigenvalue weighted by molar-refractivity contribution is 6.16. The summed E-state index contributed by atoms with van der Waals surface area (Å²) < 4.78 is 0. The van der Waals surface area contributed by atoms with Crippen LogP contribution < -0.4 is 5.32 Å². The SMILES string of the molecule is O=C(N[C@@H](Cc1cnc2ccccc2n1)C(=O)O)c1c2ccccc2nc2ccccc12. The molecule has 1 atom stereocenters. The van der Waals surface area contributed by atoms with Crippen molar-refractivity contribution in [3.63, 3.8) is 0 Å². The molecule has 3 aromatic carbocycles. The van der Waals surface area contributed by atoms with Gasteiger partial charge in [0.25, 0.3) is 5.91 Å². The molecule has 2 heterocycles. The smallest absolute Gasteiger partial charge is 0.326 e. The lowest BCUT2D eigenvalue weighted by atomic mass is 10.0. The van der Waals surface area contributed by atoms with Crippen LogP contribution in [-0.4, -0.2) is 38.0 Å². The topological polar surface area (TPSA) is 105 Å². The summed E-state index contributed by atoms with van der Waals surface area (Å²) in [5.41, 5.74) is 3.63. The summed E-state index contributed by atoms with van der Waals surface area (Å²) in [5, 5.41) is 13.8. The molecule has 0 bridgehead atoms. The zero-order valence-electron chi connectivity index (χ0n) is 16.9. The largest absolute Gasteiger partial charge is 0.480 e. The van der Waals surface area contributed by atoms with Crippen molar-refractivity contribution in [2.24, 2.45) is 0 Å². The summed E-state index contributed by atoms with van der Waals surface area (Å²) >= 11 is 0. The van der Waals surface area contributed by atoms with Gasteiger partial charge in [-0.05, 0) is 24.3 Å². The zero-order chi connectivity index (χ0) is 22.1. The van der Waals surface area contributed by atoms with Gasteiger partial charge in [-0.3, -0.25) is 9.78 Å². The van der Waals surface area contributed by atoms with Crippen molar-refractivity contribution in [2.75, 3.05) is 0 Å². The molecule has 32 heavy (non-hydrogen) atoms. The molecule has 5 rings (SSSR count). The van der Waals surface area contributed by atoms with Crippen LogP contribution in [-0.2, 0) is 11.2 Å². The molecule has 1 amide bonds. The summed E-state index contributed by atoms with van der Waals surface area (Å²) in [6.07, 6.45) is 1.56. The molecule has 0 spiro atoms. The number of carboxylic acid groups (broad SMARTS) is 1. The van der Waals surface area contributed by atoms with E-state index in [1.54, 1.807) is 6.20 Å². The summed E-state index contributed by atoms with van der Waals surface area (Å²) in [6, 6.07) is 20.8. The van der Waals surface area contributed by atoms with Gasteiger partial charge in [0.05, 0.1) is 33.3 Å². The number of aliphatic carboxylic acids is 1. The fourth-order valence-corrected chi connectivity index (χ4v) is 3.82. The third-order valence-corrected chi connectivity index (χ3v) is 5.33. The van der Waals surface area contributed by atoms with Crippen LogP contribution in [0.3, 0.4) is 0 Å². The molecule has 2 aromatic heterocycles. The molecule has 0 saturated heterocycles. The van der Waals surface area contributed by atoms with E-state index in [2.05, 4.69) is 20.3 Å². The van der Waals surface area contributed by atoms with Crippen LogP contribution in [0.2, 0.25) is 0 Å². The number of carbonyl (C=O) groups is 2. The van der Waals surface area contributed by atoms with Gasteiger partial charge in [0.15, 0.2) is 0 Å². The number of amides is 1. The number of benzene rings is 3. The molecular formula is C25H18N4O3. The minimum Gasteiger partial charge on any atom is -0.480 e. The van der Waals surface area contributed by atoms with E-state index in [1.165, 1.54) is 0 Å². The van der Waals surface area contributed by atoms with Gasteiger partial charge in [-0.1, -0.05) is 48.5 Å². The highest BCUT2D eigenvalue weighted by Crippen LogP contribution is 2.26. The zero-order valence-corrected chi connectivity index (χ0v) is 16.9. The second-order valence-corrected chi connectivity index (χ2v) is 7.44. The van der Waals surface area contributed by atoms with Gasteiger partial charge in [0, 0.05) is 23.4 Å². The molecule has 0 fully saturated rings. The third kappa shape index (κ3) is 3.60. The van der Waals surface area contributed by atoms with Gasteiger partial charge < -0.3 is 10.4 Å². The Balaban J connectivity index is 1.51. The number of para-hydroxylation sites is 4. The van der Waals surface area contributed by atoms with E-state index < -0.39 is 17.9 Å². The number of fused-ring (bicyclic) bond motifs is 3. The Labute approximate surface area is 182 Å². The normalized spacial score (nSPS) is 12.1. The Kier molecular flexibility index (Phi) is 4.91. The molecule has 0 aliphatic rings. The minimum absolute atomic E-state index is 0.0137. The first-order valence-electron chi connectivity index (χ1n) is 10.1. The average Bonchev–Trinajstić information content (AvgIpc) is 2.81. The van der Waals surface area contributed by atoms with E-state index in [0.717, 1.165) is 5.52 Å². The van der Waals surface area contributed by atoms with Crippen LogP contribution in [0.1, 0.15) is 16.1 Å². The Hall–Kier alpha value is -4.39. The lowest BCUT2D eigenvalue weighted by molar-refractivity contribution is -0.139. The number of hydrogen-bond acceptors (Lipinski definition) is 5. The fraction of sp³-hybridized carbons (Fsp3) is 0.0800.